The highest BCUT2D eigenvalue weighted by molar-refractivity contribution is 5.93. The number of aromatic nitrogens is 1. The third-order valence-corrected chi connectivity index (χ3v) is 2.25. The van der Waals surface area contributed by atoms with Gasteiger partial charge in [-0.1, -0.05) is 0 Å². The molecule has 1 heterocycles. The molecule has 5 nitrogen and oxygen atoms in total. The second-order valence-corrected chi connectivity index (χ2v) is 5.09. The lowest BCUT2D eigenvalue weighted by molar-refractivity contribution is -0.671. The molecule has 0 fully saturated rings. The Balaban J connectivity index is 0.00000324. The summed E-state index contributed by atoms with van der Waals surface area (Å²) in [6.45, 7) is 5.16. The molecule has 0 saturated carbocycles. The van der Waals surface area contributed by atoms with E-state index in [1.807, 2.05) is 13.2 Å². The molecule has 1 amide bonds. The van der Waals surface area contributed by atoms with Crippen molar-refractivity contribution in [2.45, 2.75) is 20.8 Å². The van der Waals surface area contributed by atoms with Crippen molar-refractivity contribution in [1.82, 2.24) is 5.32 Å². The molecule has 0 radical (unpaired) electrons. The van der Waals surface area contributed by atoms with Crippen LogP contribution in [0.2, 0.25) is 0 Å². The maximum atomic E-state index is 11.7. The van der Waals surface area contributed by atoms with E-state index in [1.165, 1.54) is 0 Å². The molecule has 0 aliphatic rings. The number of aryl methyl sites for hydroxylation is 1. The van der Waals surface area contributed by atoms with Crippen molar-refractivity contribution < 1.29 is 42.9 Å². The largest absolute Gasteiger partial charge is 1.00 e. The van der Waals surface area contributed by atoms with E-state index in [4.69, 9.17) is 4.74 Å². The fraction of sp³-hybridized carbons (Fsp3) is 0.462. The molecule has 0 aliphatic carbocycles. The van der Waals surface area contributed by atoms with Crippen molar-refractivity contribution in [3.8, 4) is 0 Å². The van der Waals surface area contributed by atoms with Gasteiger partial charge in [0.25, 0.3) is 5.91 Å². The van der Waals surface area contributed by atoms with Crippen molar-refractivity contribution >= 4 is 11.9 Å². The Morgan fingerprint density at radius 2 is 2.00 bits per heavy atom. The summed E-state index contributed by atoms with van der Waals surface area (Å²) in [7, 11) is 1.83. The molecule has 1 N–H and O–H groups in total. The van der Waals surface area contributed by atoms with Crippen molar-refractivity contribution in [3.05, 3.63) is 30.1 Å². The summed E-state index contributed by atoms with van der Waals surface area (Å²) < 4.78 is 6.73. The van der Waals surface area contributed by atoms with Crippen LogP contribution in [-0.4, -0.2) is 18.6 Å². The zero-order chi connectivity index (χ0) is 13.8. The molecule has 0 aliphatic heterocycles. The molecule has 0 unspecified atom stereocenters. The third kappa shape index (κ3) is 6.00. The number of carbonyl (C=O) groups is 2. The first-order valence-corrected chi connectivity index (χ1v) is 5.71. The number of halogens is 1. The predicted molar refractivity (Wildman–Crippen MR) is 65.5 cm³/mol. The number of hydrogen-bond acceptors (Lipinski definition) is 3. The summed E-state index contributed by atoms with van der Waals surface area (Å²) in [6, 6.07) is 3.47. The number of ether oxygens (including phenoxy) is 1. The minimum Gasteiger partial charge on any atom is -1.00 e. The van der Waals surface area contributed by atoms with E-state index >= 15 is 0 Å². The lowest BCUT2D eigenvalue weighted by Gasteiger charge is -2.16. The van der Waals surface area contributed by atoms with Crippen LogP contribution in [0.4, 0.5) is 0 Å². The van der Waals surface area contributed by atoms with E-state index in [-0.39, 0.29) is 42.6 Å². The van der Waals surface area contributed by atoms with Crippen LogP contribution in [0.1, 0.15) is 31.1 Å². The lowest BCUT2D eigenvalue weighted by atomic mass is 9.98. The first-order valence-electron chi connectivity index (χ1n) is 5.71. The van der Waals surface area contributed by atoms with Crippen molar-refractivity contribution in [1.29, 1.82) is 0 Å². The Hall–Kier alpha value is -1.18. The summed E-state index contributed by atoms with van der Waals surface area (Å²) in [5.74, 6) is -0.616. The Labute approximate surface area is 130 Å². The van der Waals surface area contributed by atoms with Crippen molar-refractivity contribution in [2.75, 3.05) is 6.73 Å². The van der Waals surface area contributed by atoms with E-state index in [0.717, 1.165) is 0 Å². The number of nitrogens with zero attached hydrogens (tertiary/aromatic N) is 1. The van der Waals surface area contributed by atoms with Gasteiger partial charge in [0.1, 0.15) is 12.6 Å². The molecule has 0 atom stereocenters. The lowest BCUT2D eigenvalue weighted by Crippen LogP contribution is -3.00. The highest BCUT2D eigenvalue weighted by atomic mass is 127. The predicted octanol–water partition coefficient (Wildman–Crippen LogP) is -2.21. The van der Waals surface area contributed by atoms with Gasteiger partial charge in [-0.25, -0.2) is 4.57 Å². The highest BCUT2D eigenvalue weighted by Gasteiger charge is 2.23. The second kappa shape index (κ2) is 7.42. The molecule has 0 saturated heterocycles. The van der Waals surface area contributed by atoms with Crippen LogP contribution in [0.25, 0.3) is 0 Å². The van der Waals surface area contributed by atoms with E-state index < -0.39 is 5.41 Å². The Kier molecular flexibility index (Phi) is 6.96. The van der Waals surface area contributed by atoms with Crippen LogP contribution >= 0.6 is 0 Å². The van der Waals surface area contributed by atoms with Gasteiger partial charge in [-0.2, -0.15) is 0 Å². The minimum absolute atomic E-state index is 0. The Bertz CT molecular complexity index is 455. The number of esters is 1. The average molecular weight is 378 g/mol. The molecular formula is C13H19IN2O3. The van der Waals surface area contributed by atoms with Crippen LogP contribution in [0.15, 0.2) is 24.5 Å². The second-order valence-electron chi connectivity index (χ2n) is 5.09. The van der Waals surface area contributed by atoms with Crippen LogP contribution in [0.5, 0.6) is 0 Å². The first-order chi connectivity index (χ1) is 8.30. The van der Waals surface area contributed by atoms with Crippen LogP contribution in [-0.2, 0) is 16.6 Å². The molecular weight excluding hydrogens is 359 g/mol. The van der Waals surface area contributed by atoms with Gasteiger partial charge < -0.3 is 34.0 Å². The number of pyridine rings is 1. The average Bonchev–Trinajstić information content (AvgIpc) is 2.27. The monoisotopic (exact) mass is 378 g/mol. The summed E-state index contributed by atoms with van der Waals surface area (Å²) in [6.07, 6.45) is 3.53. The van der Waals surface area contributed by atoms with Gasteiger partial charge in [0.2, 0.25) is 0 Å². The third-order valence-electron chi connectivity index (χ3n) is 2.25. The summed E-state index contributed by atoms with van der Waals surface area (Å²) in [4.78, 5) is 23.2. The van der Waals surface area contributed by atoms with Gasteiger partial charge in [0, 0.05) is 6.07 Å². The number of rotatable bonds is 3. The Morgan fingerprint density at radius 1 is 1.37 bits per heavy atom. The van der Waals surface area contributed by atoms with E-state index in [0.29, 0.717) is 5.56 Å². The smallest absolute Gasteiger partial charge is 0.312 e. The zero-order valence-electron chi connectivity index (χ0n) is 11.6. The molecule has 106 valence electrons. The van der Waals surface area contributed by atoms with Gasteiger partial charge in [-0.15, -0.1) is 0 Å². The zero-order valence-corrected chi connectivity index (χ0v) is 13.7. The summed E-state index contributed by atoms with van der Waals surface area (Å²) in [5, 5.41) is 2.53. The number of nitrogens with one attached hydrogen (secondary N) is 1. The maximum Gasteiger partial charge on any atom is 0.312 e. The number of hydrogen-bond donors (Lipinski definition) is 1. The van der Waals surface area contributed by atoms with E-state index in [2.05, 4.69) is 5.32 Å². The first kappa shape index (κ1) is 17.8. The molecule has 19 heavy (non-hydrogen) atoms. The molecule has 0 bridgehead atoms. The Morgan fingerprint density at radius 3 is 2.53 bits per heavy atom. The normalized spacial score (nSPS) is 10.3. The minimum atomic E-state index is -0.566. The topological polar surface area (TPSA) is 59.3 Å². The fourth-order valence-electron chi connectivity index (χ4n) is 1.21. The molecule has 0 spiro atoms. The fourth-order valence-corrected chi connectivity index (χ4v) is 1.21. The van der Waals surface area contributed by atoms with Gasteiger partial charge in [0.15, 0.2) is 19.1 Å². The molecule has 1 rings (SSSR count). The standard InChI is InChI=1S/C13H18N2O3.HI/c1-13(2,3)12(17)18-9-14-11(16)10-6-5-7-15(4)8-10;/h5-8H,9H2,1-4H3;1H. The van der Waals surface area contributed by atoms with Gasteiger partial charge in [-0.05, 0) is 26.8 Å². The molecule has 1 aromatic heterocycles. The maximum absolute atomic E-state index is 11.7. The number of carbonyl (C=O) groups excluding carboxylic acids is 2. The SMILES string of the molecule is C[n+]1cccc(C(=O)NCOC(=O)C(C)(C)C)c1.[I-]. The summed E-state index contributed by atoms with van der Waals surface area (Å²) >= 11 is 0. The molecule has 1 aromatic rings. The van der Waals surface area contributed by atoms with Gasteiger partial charge in [-0.3, -0.25) is 9.59 Å². The van der Waals surface area contributed by atoms with E-state index in [1.54, 1.807) is 43.7 Å². The van der Waals surface area contributed by atoms with Gasteiger partial charge >= 0.3 is 5.97 Å². The van der Waals surface area contributed by atoms with Crippen LogP contribution in [0.3, 0.4) is 0 Å². The number of amides is 1. The highest BCUT2D eigenvalue weighted by Crippen LogP contribution is 2.14. The van der Waals surface area contributed by atoms with Crippen LogP contribution in [0, 0.1) is 5.41 Å². The quantitative estimate of drug-likeness (QED) is 0.281. The van der Waals surface area contributed by atoms with E-state index in [9.17, 15) is 9.59 Å². The molecule has 6 heteroatoms. The van der Waals surface area contributed by atoms with Crippen molar-refractivity contribution in [2.24, 2.45) is 12.5 Å². The van der Waals surface area contributed by atoms with Crippen LogP contribution < -0.4 is 33.9 Å². The molecule has 0 aromatic carbocycles. The van der Waals surface area contributed by atoms with Gasteiger partial charge in [0.05, 0.1) is 5.41 Å². The summed E-state index contributed by atoms with van der Waals surface area (Å²) in [5.41, 5.74) is -0.0454. The van der Waals surface area contributed by atoms with Crippen molar-refractivity contribution in [3.63, 3.8) is 0 Å².